The Morgan fingerprint density at radius 1 is 1.09 bits per heavy atom. The first-order chi connectivity index (χ1) is 16.0. The van der Waals surface area contributed by atoms with Crippen molar-refractivity contribution in [1.82, 2.24) is 14.6 Å². The Hall–Kier alpha value is -3.99. The van der Waals surface area contributed by atoms with E-state index in [9.17, 15) is 14.0 Å². The number of nitriles is 1. The summed E-state index contributed by atoms with van der Waals surface area (Å²) >= 11 is 0. The number of halogens is 2. The fraction of sp³-hybridized carbons (Fsp3) is 0.240. The zero-order chi connectivity index (χ0) is 23.1. The van der Waals surface area contributed by atoms with Crippen LogP contribution in [0.15, 0.2) is 54.7 Å². The highest BCUT2D eigenvalue weighted by Crippen LogP contribution is 2.37. The minimum Gasteiger partial charge on any atom is -0.377 e. The van der Waals surface area contributed by atoms with Gasteiger partial charge in [-0.1, -0.05) is 6.07 Å². The number of rotatable bonds is 4. The number of imidazole rings is 1. The Morgan fingerprint density at radius 2 is 1.94 bits per heavy atom. The van der Waals surface area contributed by atoms with Crippen LogP contribution < -0.4 is 9.80 Å². The van der Waals surface area contributed by atoms with Gasteiger partial charge in [0.2, 0.25) is 0 Å². The van der Waals surface area contributed by atoms with Crippen LogP contribution in [-0.2, 0) is 0 Å². The molecule has 0 bridgehead atoms. The first kappa shape index (κ1) is 20.9. The topological polar surface area (TPSA) is 60.5 Å². The van der Waals surface area contributed by atoms with Crippen molar-refractivity contribution in [2.75, 3.05) is 30.4 Å². The van der Waals surface area contributed by atoms with Gasteiger partial charge in [0.1, 0.15) is 23.5 Å². The Morgan fingerprint density at radius 3 is 2.73 bits per heavy atom. The molecule has 4 aromatic rings. The molecule has 166 valence electrons. The van der Waals surface area contributed by atoms with Crippen LogP contribution in [0.25, 0.3) is 16.9 Å². The third kappa shape index (κ3) is 3.65. The molecule has 2 aromatic carbocycles. The maximum atomic E-state index is 14.5. The fourth-order valence-electron chi connectivity index (χ4n) is 4.50. The number of hydrogen-bond acceptors (Lipinski definition) is 5. The lowest BCUT2D eigenvalue weighted by Gasteiger charge is -2.26. The van der Waals surface area contributed by atoms with Gasteiger partial charge in [0.25, 0.3) is 0 Å². The van der Waals surface area contributed by atoms with Gasteiger partial charge in [-0.15, -0.1) is 5.10 Å². The average Bonchev–Trinajstić information content (AvgIpc) is 3.47. The molecule has 33 heavy (non-hydrogen) atoms. The molecule has 1 unspecified atom stereocenters. The Bertz CT molecular complexity index is 1390. The summed E-state index contributed by atoms with van der Waals surface area (Å²) in [5.74, 6) is -0.183. The van der Waals surface area contributed by atoms with E-state index in [1.165, 1.54) is 12.1 Å². The summed E-state index contributed by atoms with van der Waals surface area (Å²) in [6.07, 6.45) is 3.33. The third-order valence-corrected chi connectivity index (χ3v) is 6.11. The van der Waals surface area contributed by atoms with Gasteiger partial charge in [-0.3, -0.25) is 0 Å². The zero-order valence-electron chi connectivity index (χ0n) is 18.3. The van der Waals surface area contributed by atoms with E-state index in [1.807, 2.05) is 48.2 Å². The van der Waals surface area contributed by atoms with Crippen LogP contribution in [-0.4, -0.2) is 35.2 Å². The van der Waals surface area contributed by atoms with Gasteiger partial charge in [-0.2, -0.15) is 5.26 Å². The zero-order valence-corrected chi connectivity index (χ0v) is 18.3. The second-order valence-corrected chi connectivity index (χ2v) is 8.36. The van der Waals surface area contributed by atoms with E-state index in [-0.39, 0.29) is 6.04 Å². The van der Waals surface area contributed by atoms with E-state index in [0.717, 1.165) is 35.9 Å². The molecule has 3 heterocycles. The third-order valence-electron chi connectivity index (χ3n) is 6.11. The van der Waals surface area contributed by atoms with Crippen molar-refractivity contribution in [3.05, 3.63) is 77.5 Å². The molecule has 0 aliphatic carbocycles. The highest BCUT2D eigenvalue weighted by atomic mass is 19.1. The highest BCUT2D eigenvalue weighted by Gasteiger charge is 2.30. The molecule has 5 rings (SSSR count). The molecule has 1 aliphatic rings. The summed E-state index contributed by atoms with van der Waals surface area (Å²) in [5, 5.41) is 14.2. The molecule has 0 radical (unpaired) electrons. The van der Waals surface area contributed by atoms with E-state index >= 15 is 0 Å². The van der Waals surface area contributed by atoms with Crippen molar-refractivity contribution in [3.63, 3.8) is 0 Å². The van der Waals surface area contributed by atoms with E-state index in [0.29, 0.717) is 29.1 Å². The van der Waals surface area contributed by atoms with Crippen molar-refractivity contribution in [2.45, 2.75) is 18.9 Å². The number of nitrogens with zero attached hydrogens (tertiary/aromatic N) is 6. The van der Waals surface area contributed by atoms with Crippen LogP contribution in [0.4, 0.5) is 20.3 Å². The van der Waals surface area contributed by atoms with E-state index in [2.05, 4.69) is 11.1 Å². The van der Waals surface area contributed by atoms with Crippen LogP contribution in [0.1, 0.15) is 30.0 Å². The molecule has 0 amide bonds. The maximum Gasteiger partial charge on any atom is 0.154 e. The van der Waals surface area contributed by atoms with Crippen molar-refractivity contribution in [2.24, 2.45) is 0 Å². The fourth-order valence-corrected chi connectivity index (χ4v) is 4.50. The minimum atomic E-state index is -0.448. The standard InChI is InChI=1S/C25H22F2N6/c1-31(2)22-12-16(5-6-17(22)14-28)23-15-29-24-9-10-25(30-33(23)24)32-11-3-4-21(32)19-13-18(26)7-8-20(19)27/h5-10,12-13,15,21H,3-4,11H2,1-2H3. The van der Waals surface area contributed by atoms with Crippen molar-refractivity contribution >= 4 is 17.2 Å². The van der Waals surface area contributed by atoms with Gasteiger partial charge in [-0.25, -0.2) is 18.3 Å². The lowest BCUT2D eigenvalue weighted by molar-refractivity contribution is 0.559. The second kappa shape index (κ2) is 8.17. The summed E-state index contributed by atoms with van der Waals surface area (Å²) in [5.41, 5.74) is 4.09. The lowest BCUT2D eigenvalue weighted by Crippen LogP contribution is -2.25. The highest BCUT2D eigenvalue weighted by molar-refractivity contribution is 5.72. The van der Waals surface area contributed by atoms with Gasteiger partial charge >= 0.3 is 0 Å². The average molecular weight is 444 g/mol. The monoisotopic (exact) mass is 444 g/mol. The minimum absolute atomic E-state index is 0.284. The summed E-state index contributed by atoms with van der Waals surface area (Å²) in [4.78, 5) is 8.39. The Balaban J connectivity index is 1.57. The first-order valence-corrected chi connectivity index (χ1v) is 10.7. The van der Waals surface area contributed by atoms with E-state index in [1.54, 1.807) is 16.8 Å². The number of anilines is 2. The molecule has 1 saturated heterocycles. The van der Waals surface area contributed by atoms with Crippen LogP contribution in [0.3, 0.4) is 0 Å². The number of fused-ring (bicyclic) bond motifs is 1. The molecule has 1 aliphatic heterocycles. The van der Waals surface area contributed by atoms with Crippen molar-refractivity contribution < 1.29 is 8.78 Å². The summed E-state index contributed by atoms with van der Waals surface area (Å²) < 4.78 is 30.1. The van der Waals surface area contributed by atoms with Crippen LogP contribution in [0.2, 0.25) is 0 Å². The van der Waals surface area contributed by atoms with Crippen LogP contribution in [0.5, 0.6) is 0 Å². The SMILES string of the molecule is CN(C)c1cc(-c2cnc3ccc(N4CCCC4c4cc(F)ccc4F)nn23)ccc1C#N. The van der Waals surface area contributed by atoms with E-state index in [4.69, 9.17) is 5.10 Å². The number of aromatic nitrogens is 3. The van der Waals surface area contributed by atoms with Crippen molar-refractivity contribution in [1.29, 1.82) is 5.26 Å². The summed E-state index contributed by atoms with van der Waals surface area (Å²) in [6, 6.07) is 14.9. The second-order valence-electron chi connectivity index (χ2n) is 8.36. The lowest BCUT2D eigenvalue weighted by atomic mass is 10.0. The molecule has 6 nitrogen and oxygen atoms in total. The van der Waals surface area contributed by atoms with E-state index < -0.39 is 11.6 Å². The molecule has 2 aromatic heterocycles. The predicted octanol–water partition coefficient (Wildman–Crippen LogP) is 4.95. The smallest absolute Gasteiger partial charge is 0.154 e. The number of benzene rings is 2. The normalized spacial score (nSPS) is 15.7. The maximum absolute atomic E-state index is 14.5. The molecule has 8 heteroatoms. The molecule has 0 spiro atoms. The Kier molecular flexibility index (Phi) is 5.17. The van der Waals surface area contributed by atoms with Gasteiger partial charge in [0.05, 0.1) is 29.2 Å². The van der Waals surface area contributed by atoms with Crippen LogP contribution in [0, 0.1) is 23.0 Å². The molecule has 0 saturated carbocycles. The molecule has 0 N–H and O–H groups in total. The van der Waals surface area contributed by atoms with Crippen LogP contribution >= 0.6 is 0 Å². The van der Waals surface area contributed by atoms with Gasteiger partial charge < -0.3 is 9.80 Å². The summed E-state index contributed by atoms with van der Waals surface area (Å²) in [7, 11) is 3.79. The van der Waals surface area contributed by atoms with Gasteiger partial charge in [-0.05, 0) is 55.3 Å². The quantitative estimate of drug-likeness (QED) is 0.446. The van der Waals surface area contributed by atoms with Gasteiger partial charge in [0, 0.05) is 31.8 Å². The summed E-state index contributed by atoms with van der Waals surface area (Å²) in [6.45, 7) is 0.699. The number of hydrogen-bond donors (Lipinski definition) is 0. The molecule has 1 fully saturated rings. The molecular weight excluding hydrogens is 422 g/mol. The Labute approximate surface area is 190 Å². The largest absolute Gasteiger partial charge is 0.377 e. The predicted molar refractivity (Wildman–Crippen MR) is 123 cm³/mol. The molecular formula is C25H22F2N6. The first-order valence-electron chi connectivity index (χ1n) is 10.7. The molecule has 1 atom stereocenters. The van der Waals surface area contributed by atoms with Crippen molar-refractivity contribution in [3.8, 4) is 17.3 Å². The van der Waals surface area contributed by atoms with Gasteiger partial charge in [0.15, 0.2) is 5.65 Å².